The zero-order valence-electron chi connectivity index (χ0n) is 68.0. The van der Waals surface area contributed by atoms with E-state index in [0.717, 1.165) is 6.42 Å². The molecule has 3 atom stereocenters. The number of carbonyl (C=O) groups is 1. The van der Waals surface area contributed by atoms with Crippen LogP contribution in [0, 0.1) is 24.5 Å². The van der Waals surface area contributed by atoms with Gasteiger partial charge in [0.25, 0.3) is 0 Å². The quantitative estimate of drug-likeness (QED) is 0.0160. The van der Waals surface area contributed by atoms with Crippen LogP contribution in [0.2, 0.25) is 0 Å². The van der Waals surface area contributed by atoms with Crippen LogP contribution in [0.4, 0.5) is 0 Å². The average molecular weight is 1710 g/mol. The number of nitrogens with zero attached hydrogens (tertiary/aromatic N) is 3. The summed E-state index contributed by atoms with van der Waals surface area (Å²) in [6.07, 6.45) is 0.326. The number of nitriles is 1. The van der Waals surface area contributed by atoms with Crippen LogP contribution in [-0.2, 0) is 73.2 Å². The summed E-state index contributed by atoms with van der Waals surface area (Å²) in [5.41, 5.74) is 16.3. The first-order valence-electron chi connectivity index (χ1n) is 34.8. The number of halogens is 1. The van der Waals surface area contributed by atoms with Gasteiger partial charge in [-0.1, -0.05) is 101 Å². The van der Waals surface area contributed by atoms with E-state index < -0.39 is 90.9 Å². The Kier molecular flexibility index (Phi) is 62.0. The molecule has 0 aromatic heterocycles. The van der Waals surface area contributed by atoms with Gasteiger partial charge >= 0.3 is 63.1 Å². The van der Waals surface area contributed by atoms with E-state index in [1.165, 1.54) is 27.7 Å². The lowest BCUT2D eigenvalue weighted by atomic mass is 10.1. The third-order valence-corrected chi connectivity index (χ3v) is 32.8. The second-order valence-electron chi connectivity index (χ2n) is 26.1. The Labute approximate surface area is 667 Å². The van der Waals surface area contributed by atoms with Crippen LogP contribution < -0.4 is 35.3 Å². The lowest BCUT2D eigenvalue weighted by Crippen LogP contribution is -2.36. The molecule has 36 heteroatoms. The van der Waals surface area contributed by atoms with Gasteiger partial charge in [0.2, 0.25) is 7.37 Å². The fourth-order valence-corrected chi connectivity index (χ4v) is 16.0. The Bertz CT molecular complexity index is 3520. The maximum absolute atomic E-state index is 13.4. The average Bonchev–Trinajstić information content (AvgIpc) is 0.796. The lowest BCUT2D eigenvalue weighted by Gasteiger charge is -2.33. The molecule has 0 saturated heterocycles. The van der Waals surface area contributed by atoms with Crippen molar-refractivity contribution in [2.24, 2.45) is 17.2 Å². The standard InChI is InChI=1S/C17H21O3P.C15H24NO5P.C12H19O2P.C8H16NO3P.C8H20NO3P.C6H12NO3P.C4H12NO3P.C2H3N.2CH4.ClH/c1-4-17(2,3)21(18,19-15-11-7-5-8-12-15)20-16-13-9-6-10-14-16;1-5-19-14(17)12(2)20-22(18,15(3,4)11-16)21-13-9-7-6-8-10-13;1-5-12(2,3)15(4,13)14-11-9-7-6-8-10-11;1-6-11-13(10,12-7-2)8(3,4)9-5;1-5-11-13(10,12-6-2)8(3,4)7-9;1-4-9-11(8,6-7-3)10-5-2;1-4(2,3-5)9(6,7)8;1-2-3;;;/h5-14H,4H2,1-3H3;6-10,12H,5,11,16H2,1-4H3;6-10H,5H2,1-4H3;6-7H2,1-4H3;5-7,9H2,1-4H3;4-6H2,1-2H3;3,5H2,1-2H3,(H2,6,7,8);1H3;2*1H4;1H/t;12-,22?;;;;;;;;;/m.0........./s1. The van der Waals surface area contributed by atoms with E-state index in [0.29, 0.717) is 55.8 Å². The molecule has 8 N–H and O–H groups in total. The SMILES string of the molecule is C.C.CC#N.CC(C)(CN)P(=O)(O)O.CCC(C)(C)P(=O)(Oc1ccccc1)Oc1ccccc1.CCC(C)(C)P(C)(=O)Oc1ccccc1.CCOC(=O)[C@H](C)OP(=O)(Oc1ccccc1)C(C)(C)CN.CCOP(=O)(OCC)C(C)(C)CN.Cl.[C-]#[N+]C(C)(C)P(=O)(OCC)OCC.[C-]#[N+]CP(=O)(OCC)OCC. The highest BCUT2D eigenvalue weighted by molar-refractivity contribution is 7.60. The highest BCUT2D eigenvalue weighted by Crippen LogP contribution is 2.63. The van der Waals surface area contributed by atoms with Crippen molar-refractivity contribution >= 4 is 71.3 Å². The molecule has 0 bridgehead atoms. The van der Waals surface area contributed by atoms with Gasteiger partial charge in [0, 0.05) is 47.1 Å². The van der Waals surface area contributed by atoms with Crippen LogP contribution in [0.5, 0.6) is 23.0 Å². The van der Waals surface area contributed by atoms with Crippen molar-refractivity contribution in [3.8, 4) is 29.1 Å². The Morgan fingerprint density at radius 3 is 0.991 bits per heavy atom. The molecule has 0 aliphatic heterocycles. The number of carbonyl (C=O) groups excluding carboxylic acids is 1. The van der Waals surface area contributed by atoms with Crippen molar-refractivity contribution in [3.05, 3.63) is 144 Å². The summed E-state index contributed by atoms with van der Waals surface area (Å²) in [6, 6.07) is 38.1. The smallest absolute Gasteiger partial charge is 0.436 e. The second kappa shape index (κ2) is 57.5. The predicted molar refractivity (Wildman–Crippen MR) is 451 cm³/mol. The first kappa shape index (κ1) is 119. The molecule has 0 radical (unpaired) electrons. The summed E-state index contributed by atoms with van der Waals surface area (Å²) in [5, 5.41) is 2.72. The van der Waals surface area contributed by atoms with E-state index in [-0.39, 0.29) is 78.2 Å². The maximum atomic E-state index is 13.4. The van der Waals surface area contributed by atoms with Crippen molar-refractivity contribution in [1.29, 1.82) is 5.26 Å². The number of benzene rings is 4. The molecule has 4 aromatic rings. The fourth-order valence-electron chi connectivity index (χ4n) is 6.63. The molecule has 636 valence electrons. The minimum absolute atomic E-state index is 0. The van der Waals surface area contributed by atoms with Crippen molar-refractivity contribution in [2.75, 3.05) is 78.8 Å². The molecule has 2 unspecified atom stereocenters. The Hall–Kier alpha value is -4.56. The Morgan fingerprint density at radius 1 is 0.464 bits per heavy atom. The van der Waals surface area contributed by atoms with E-state index in [1.54, 1.807) is 151 Å². The van der Waals surface area contributed by atoms with Crippen LogP contribution in [0.25, 0.3) is 9.69 Å². The molecular formula is C74H136ClN6O22P7. The third-order valence-electron chi connectivity index (χ3n) is 15.2. The van der Waals surface area contributed by atoms with Gasteiger partial charge < -0.3 is 81.8 Å². The monoisotopic (exact) mass is 1710 g/mol. The van der Waals surface area contributed by atoms with Crippen LogP contribution in [0.3, 0.4) is 0 Å². The molecule has 0 saturated carbocycles. The largest absolute Gasteiger partial charge is 0.464 e. The topological polar surface area (TPSA) is 398 Å². The normalized spacial score (nSPS) is 12.9. The molecule has 4 rings (SSSR count). The maximum Gasteiger partial charge on any atom is 0.436 e. The molecule has 110 heavy (non-hydrogen) atoms. The summed E-state index contributed by atoms with van der Waals surface area (Å²) in [6.45, 7) is 57.4. The van der Waals surface area contributed by atoms with E-state index >= 15 is 0 Å². The zero-order chi connectivity index (χ0) is 83.9. The highest BCUT2D eigenvalue weighted by atomic mass is 35.5. The molecule has 0 aliphatic carbocycles. The summed E-state index contributed by atoms with van der Waals surface area (Å²) in [4.78, 5) is 35.1. The van der Waals surface area contributed by atoms with E-state index in [4.69, 9.17) is 99.9 Å². The molecule has 4 aromatic carbocycles. The molecule has 0 fully saturated rings. The number of nitrogens with two attached hydrogens (primary N) is 3. The second-order valence-corrected chi connectivity index (χ2v) is 44.0. The van der Waals surface area contributed by atoms with Gasteiger partial charge in [-0.3, -0.25) is 32.2 Å². The molecular weight excluding hydrogens is 1580 g/mol. The van der Waals surface area contributed by atoms with E-state index in [2.05, 4.69) is 9.69 Å². The van der Waals surface area contributed by atoms with Gasteiger partial charge in [0.1, 0.15) is 23.0 Å². The Balaban J connectivity index is -0.000000227. The number of hydrogen-bond donors (Lipinski definition) is 5. The summed E-state index contributed by atoms with van der Waals surface area (Å²) in [7, 11) is -23.1. The highest BCUT2D eigenvalue weighted by Gasteiger charge is 2.51. The Morgan fingerprint density at radius 2 is 0.745 bits per heavy atom. The number of ether oxygens (including phenoxy) is 1. The van der Waals surface area contributed by atoms with Gasteiger partial charge in [0.05, 0.1) is 78.1 Å². The molecule has 0 amide bonds. The first-order chi connectivity index (χ1) is 49.4. The van der Waals surface area contributed by atoms with Gasteiger partial charge in [-0.05, 0) is 186 Å². The summed E-state index contributed by atoms with van der Waals surface area (Å²) >= 11 is 0. The van der Waals surface area contributed by atoms with Gasteiger partial charge in [0.15, 0.2) is 6.10 Å². The molecule has 0 heterocycles. The fraction of sp³-hybridized carbons (Fsp3) is 0.622. The van der Waals surface area contributed by atoms with Crippen LogP contribution in [0.15, 0.2) is 121 Å². The van der Waals surface area contributed by atoms with Crippen molar-refractivity contribution < 1.29 is 101 Å². The van der Waals surface area contributed by atoms with Crippen LogP contribution in [-0.4, -0.2) is 132 Å². The minimum atomic E-state index is -3.99. The van der Waals surface area contributed by atoms with Crippen LogP contribution >= 0.6 is 65.4 Å². The summed E-state index contributed by atoms with van der Waals surface area (Å²) < 4.78 is 148. The number of esters is 1. The van der Waals surface area contributed by atoms with E-state index in [9.17, 15) is 36.7 Å². The number of para-hydroxylation sites is 4. The van der Waals surface area contributed by atoms with Crippen molar-refractivity contribution in [1.82, 2.24) is 0 Å². The molecule has 28 nitrogen and oxygen atoms in total. The first-order valence-corrected chi connectivity index (χ1v) is 46.4. The van der Waals surface area contributed by atoms with Gasteiger partial charge in [-0.2, -0.15) is 5.26 Å². The van der Waals surface area contributed by atoms with Gasteiger partial charge in [-0.15, -0.1) is 12.4 Å². The lowest BCUT2D eigenvalue weighted by molar-refractivity contribution is -0.150. The van der Waals surface area contributed by atoms with Crippen molar-refractivity contribution in [2.45, 2.75) is 224 Å². The number of hydrogen-bond acceptors (Lipinski definition) is 24. The minimum Gasteiger partial charge on any atom is -0.464 e. The third kappa shape index (κ3) is 42.7. The van der Waals surface area contributed by atoms with Crippen LogP contribution in [0.1, 0.15) is 187 Å². The predicted octanol–water partition coefficient (Wildman–Crippen LogP) is 21.8. The van der Waals surface area contributed by atoms with Crippen molar-refractivity contribution in [3.63, 3.8) is 0 Å². The number of rotatable bonds is 36. The molecule has 0 aliphatic rings. The van der Waals surface area contributed by atoms with E-state index in [1.807, 2.05) is 114 Å². The van der Waals surface area contributed by atoms with Gasteiger partial charge in [-0.25, -0.2) is 27.1 Å². The zero-order valence-corrected chi connectivity index (χ0v) is 75.1. The summed E-state index contributed by atoms with van der Waals surface area (Å²) in [5.74, 6) is 1.59. The molecule has 0 spiro atoms.